The molecule has 0 unspecified atom stereocenters. The predicted octanol–water partition coefficient (Wildman–Crippen LogP) is 3.53. The Bertz CT molecular complexity index is 1010. The van der Waals surface area contributed by atoms with Gasteiger partial charge in [0, 0.05) is 24.3 Å². The van der Waals surface area contributed by atoms with Crippen molar-refractivity contribution >= 4 is 28.3 Å². The smallest absolute Gasteiger partial charge is 0.261 e. The molecular formula is C18H17ClN4O. The minimum absolute atomic E-state index is 0.109. The van der Waals surface area contributed by atoms with Crippen LogP contribution in [0, 0.1) is 6.92 Å². The number of benzene rings is 1. The van der Waals surface area contributed by atoms with Crippen molar-refractivity contribution < 1.29 is 0 Å². The van der Waals surface area contributed by atoms with E-state index in [-0.39, 0.29) is 5.56 Å². The number of hydrogen-bond acceptors (Lipinski definition) is 4. The fourth-order valence-electron chi connectivity index (χ4n) is 2.87. The Morgan fingerprint density at radius 3 is 2.88 bits per heavy atom. The van der Waals surface area contributed by atoms with Gasteiger partial charge in [-0.15, -0.1) is 0 Å². The number of anilines is 1. The van der Waals surface area contributed by atoms with Crippen molar-refractivity contribution in [3.8, 4) is 11.4 Å². The highest BCUT2D eigenvalue weighted by molar-refractivity contribution is 6.31. The predicted molar refractivity (Wildman–Crippen MR) is 96.6 cm³/mol. The van der Waals surface area contributed by atoms with Crippen molar-refractivity contribution in [2.75, 3.05) is 5.32 Å². The third kappa shape index (κ3) is 2.55. The molecule has 1 aliphatic rings. The van der Waals surface area contributed by atoms with Gasteiger partial charge in [0.2, 0.25) is 0 Å². The molecule has 24 heavy (non-hydrogen) atoms. The third-order valence-corrected chi connectivity index (χ3v) is 4.52. The summed E-state index contributed by atoms with van der Waals surface area (Å²) in [6.45, 7) is 1.91. The normalized spacial score (nSPS) is 14.1. The van der Waals surface area contributed by atoms with Crippen molar-refractivity contribution in [3.05, 3.63) is 51.4 Å². The Balaban J connectivity index is 1.98. The SMILES string of the molecule is Cc1cc(Cl)cc2c(=O)n(C)c(-c3cccnc3NC3CC3)nc12. The highest BCUT2D eigenvalue weighted by Gasteiger charge is 2.24. The molecule has 0 amide bonds. The van der Waals surface area contributed by atoms with Crippen LogP contribution < -0.4 is 10.9 Å². The molecule has 4 rings (SSSR count). The number of nitrogens with zero attached hydrogens (tertiary/aromatic N) is 3. The molecule has 0 spiro atoms. The van der Waals surface area contributed by atoms with Gasteiger partial charge in [0.1, 0.15) is 11.6 Å². The first-order chi connectivity index (χ1) is 11.5. The van der Waals surface area contributed by atoms with Crippen LogP contribution in [-0.4, -0.2) is 20.6 Å². The molecule has 122 valence electrons. The Labute approximate surface area is 144 Å². The Hall–Kier alpha value is -2.40. The van der Waals surface area contributed by atoms with Crippen molar-refractivity contribution in [2.45, 2.75) is 25.8 Å². The van der Waals surface area contributed by atoms with Gasteiger partial charge in [-0.2, -0.15) is 0 Å². The lowest BCUT2D eigenvalue weighted by molar-refractivity contribution is 0.854. The molecule has 1 aliphatic carbocycles. The Kier molecular flexibility index (Phi) is 3.53. The summed E-state index contributed by atoms with van der Waals surface area (Å²) in [5, 5.41) is 4.49. The number of nitrogens with one attached hydrogen (secondary N) is 1. The van der Waals surface area contributed by atoms with Crippen LogP contribution >= 0.6 is 11.6 Å². The topological polar surface area (TPSA) is 59.8 Å². The summed E-state index contributed by atoms with van der Waals surface area (Å²) in [7, 11) is 1.73. The van der Waals surface area contributed by atoms with E-state index in [0.29, 0.717) is 27.8 Å². The van der Waals surface area contributed by atoms with Crippen molar-refractivity contribution in [2.24, 2.45) is 7.05 Å². The average molecular weight is 341 g/mol. The zero-order valence-corrected chi connectivity index (χ0v) is 14.3. The Morgan fingerprint density at radius 1 is 1.33 bits per heavy atom. The van der Waals surface area contributed by atoms with Gasteiger partial charge in [-0.1, -0.05) is 11.6 Å². The van der Waals surface area contributed by atoms with Crippen molar-refractivity contribution in [3.63, 3.8) is 0 Å². The molecular weight excluding hydrogens is 324 g/mol. The second kappa shape index (κ2) is 5.60. The highest BCUT2D eigenvalue weighted by Crippen LogP contribution is 2.30. The van der Waals surface area contributed by atoms with E-state index in [1.165, 1.54) is 0 Å². The molecule has 1 fully saturated rings. The maximum atomic E-state index is 12.8. The molecule has 3 aromatic rings. The van der Waals surface area contributed by atoms with E-state index in [4.69, 9.17) is 16.6 Å². The van der Waals surface area contributed by atoms with Gasteiger partial charge < -0.3 is 5.32 Å². The lowest BCUT2D eigenvalue weighted by Gasteiger charge is -2.14. The quantitative estimate of drug-likeness (QED) is 0.792. The van der Waals surface area contributed by atoms with Gasteiger partial charge >= 0.3 is 0 Å². The minimum Gasteiger partial charge on any atom is -0.367 e. The zero-order chi connectivity index (χ0) is 16.8. The molecule has 5 nitrogen and oxygen atoms in total. The number of rotatable bonds is 3. The first kappa shape index (κ1) is 15.1. The van der Waals surface area contributed by atoms with Gasteiger partial charge in [-0.05, 0) is 49.6 Å². The van der Waals surface area contributed by atoms with E-state index in [0.717, 1.165) is 29.8 Å². The van der Waals surface area contributed by atoms with Gasteiger partial charge in [0.15, 0.2) is 0 Å². The zero-order valence-electron chi connectivity index (χ0n) is 13.5. The molecule has 1 saturated carbocycles. The number of hydrogen-bond donors (Lipinski definition) is 1. The summed E-state index contributed by atoms with van der Waals surface area (Å²) in [5.74, 6) is 1.38. The van der Waals surface area contributed by atoms with Gasteiger partial charge in [0.25, 0.3) is 5.56 Å². The Morgan fingerprint density at radius 2 is 2.12 bits per heavy atom. The average Bonchev–Trinajstić information content (AvgIpc) is 3.36. The van der Waals surface area contributed by atoms with E-state index in [1.807, 2.05) is 25.1 Å². The number of aryl methyl sites for hydroxylation is 1. The molecule has 1 N–H and O–H groups in total. The van der Waals surface area contributed by atoms with Crippen LogP contribution in [0.5, 0.6) is 0 Å². The van der Waals surface area contributed by atoms with Gasteiger partial charge in [-0.3, -0.25) is 9.36 Å². The number of aromatic nitrogens is 3. The standard InChI is InChI=1S/C18H17ClN4O/c1-10-8-11(19)9-14-15(10)22-17(23(2)18(14)24)13-4-3-7-20-16(13)21-12-5-6-12/h3-4,7-9,12H,5-6H2,1-2H3,(H,20,21). The number of pyridine rings is 1. The molecule has 2 heterocycles. The lowest BCUT2D eigenvalue weighted by Crippen LogP contribution is -2.21. The first-order valence-corrected chi connectivity index (χ1v) is 8.31. The molecule has 0 aliphatic heterocycles. The van der Waals surface area contributed by atoms with Crippen LogP contribution in [0.2, 0.25) is 5.02 Å². The first-order valence-electron chi connectivity index (χ1n) is 7.93. The molecule has 1 aromatic carbocycles. The summed E-state index contributed by atoms with van der Waals surface area (Å²) in [5.41, 5.74) is 2.29. The monoisotopic (exact) mass is 340 g/mol. The third-order valence-electron chi connectivity index (χ3n) is 4.30. The van der Waals surface area contributed by atoms with Crippen LogP contribution in [0.1, 0.15) is 18.4 Å². The van der Waals surface area contributed by atoms with Crippen LogP contribution in [0.25, 0.3) is 22.3 Å². The second-order valence-electron chi connectivity index (χ2n) is 6.24. The fourth-order valence-corrected chi connectivity index (χ4v) is 3.14. The summed E-state index contributed by atoms with van der Waals surface area (Å²) in [4.78, 5) is 22.0. The molecule has 0 bridgehead atoms. The molecule has 2 aromatic heterocycles. The minimum atomic E-state index is -0.109. The van der Waals surface area contributed by atoms with E-state index in [2.05, 4.69) is 10.3 Å². The van der Waals surface area contributed by atoms with Crippen LogP contribution in [0.4, 0.5) is 5.82 Å². The summed E-state index contributed by atoms with van der Waals surface area (Å²) < 4.78 is 1.56. The van der Waals surface area contributed by atoms with E-state index >= 15 is 0 Å². The second-order valence-corrected chi connectivity index (χ2v) is 6.67. The van der Waals surface area contributed by atoms with E-state index in [1.54, 1.807) is 23.9 Å². The number of halogens is 1. The maximum Gasteiger partial charge on any atom is 0.261 e. The van der Waals surface area contributed by atoms with Crippen LogP contribution in [0.15, 0.2) is 35.3 Å². The summed E-state index contributed by atoms with van der Waals surface area (Å²) in [6.07, 6.45) is 4.05. The van der Waals surface area contributed by atoms with E-state index < -0.39 is 0 Å². The highest BCUT2D eigenvalue weighted by atomic mass is 35.5. The fraction of sp³-hybridized carbons (Fsp3) is 0.278. The molecule has 6 heteroatoms. The van der Waals surface area contributed by atoms with Gasteiger partial charge in [0.05, 0.1) is 16.5 Å². The van der Waals surface area contributed by atoms with E-state index in [9.17, 15) is 4.79 Å². The summed E-state index contributed by atoms with van der Waals surface area (Å²) >= 11 is 6.10. The van der Waals surface area contributed by atoms with Crippen LogP contribution in [0.3, 0.4) is 0 Å². The van der Waals surface area contributed by atoms with Gasteiger partial charge in [-0.25, -0.2) is 9.97 Å². The molecule has 0 saturated heterocycles. The molecule has 0 radical (unpaired) electrons. The maximum absolute atomic E-state index is 12.8. The van der Waals surface area contributed by atoms with Crippen LogP contribution in [-0.2, 0) is 7.05 Å². The lowest BCUT2D eigenvalue weighted by atomic mass is 10.1. The van der Waals surface area contributed by atoms with Crippen molar-refractivity contribution in [1.82, 2.24) is 14.5 Å². The summed E-state index contributed by atoms with van der Waals surface area (Å²) in [6, 6.07) is 7.77. The largest absolute Gasteiger partial charge is 0.367 e. The molecule has 0 atom stereocenters. The number of fused-ring (bicyclic) bond motifs is 1. The van der Waals surface area contributed by atoms with Crippen molar-refractivity contribution in [1.29, 1.82) is 0 Å².